The summed E-state index contributed by atoms with van der Waals surface area (Å²) < 4.78 is 34.4. The van der Waals surface area contributed by atoms with Crippen molar-refractivity contribution in [3.05, 3.63) is 60.2 Å². The Labute approximate surface area is 129 Å². The summed E-state index contributed by atoms with van der Waals surface area (Å²) in [7, 11) is -2.67. The second-order valence-electron chi connectivity index (χ2n) is 4.63. The summed E-state index contributed by atoms with van der Waals surface area (Å²) in [6.07, 6.45) is 0. The largest absolute Gasteiger partial charge is 0.469 e. The molecule has 2 rings (SSSR count). The van der Waals surface area contributed by atoms with Gasteiger partial charge in [-0.25, -0.2) is 0 Å². The lowest BCUT2D eigenvalue weighted by atomic mass is 10.0. The van der Waals surface area contributed by atoms with Gasteiger partial charge >= 0.3 is 16.1 Å². The van der Waals surface area contributed by atoms with E-state index in [-0.39, 0.29) is 10.6 Å². The minimum absolute atomic E-state index is 0.0514. The Morgan fingerprint density at radius 3 is 2.23 bits per heavy atom. The van der Waals surface area contributed by atoms with E-state index in [1.54, 1.807) is 43.3 Å². The summed E-state index contributed by atoms with van der Waals surface area (Å²) >= 11 is 0. The Morgan fingerprint density at radius 1 is 1.00 bits per heavy atom. The summed E-state index contributed by atoms with van der Waals surface area (Å²) in [4.78, 5) is 11.7. The van der Waals surface area contributed by atoms with Crippen LogP contribution < -0.4 is 4.18 Å². The van der Waals surface area contributed by atoms with Gasteiger partial charge in [-0.2, -0.15) is 8.42 Å². The first kappa shape index (κ1) is 16.0. The van der Waals surface area contributed by atoms with E-state index < -0.39 is 22.0 Å². The molecule has 0 saturated carbocycles. The zero-order valence-corrected chi connectivity index (χ0v) is 13.0. The molecule has 0 heterocycles. The normalized spacial score (nSPS) is 12.5. The monoisotopic (exact) mass is 320 g/mol. The number of benzene rings is 2. The van der Waals surface area contributed by atoms with Gasteiger partial charge in [-0.1, -0.05) is 36.4 Å². The third-order valence-electron chi connectivity index (χ3n) is 3.17. The van der Waals surface area contributed by atoms with Crippen molar-refractivity contribution in [1.29, 1.82) is 0 Å². The maximum absolute atomic E-state index is 12.3. The van der Waals surface area contributed by atoms with Crippen LogP contribution in [0.15, 0.2) is 59.5 Å². The van der Waals surface area contributed by atoms with Crippen LogP contribution in [-0.2, 0) is 19.6 Å². The first-order valence-corrected chi connectivity index (χ1v) is 8.03. The molecule has 6 heteroatoms. The van der Waals surface area contributed by atoms with Gasteiger partial charge in [0.05, 0.1) is 13.0 Å². The van der Waals surface area contributed by atoms with Gasteiger partial charge < -0.3 is 8.92 Å². The van der Waals surface area contributed by atoms with Crippen LogP contribution in [0.3, 0.4) is 0 Å². The van der Waals surface area contributed by atoms with Gasteiger partial charge in [0, 0.05) is 5.56 Å². The number of para-hydroxylation sites is 1. The molecule has 116 valence electrons. The van der Waals surface area contributed by atoms with Crippen LogP contribution in [0.1, 0.15) is 18.4 Å². The van der Waals surface area contributed by atoms with Crippen LogP contribution >= 0.6 is 0 Å². The number of methoxy groups -OCH3 is 1. The van der Waals surface area contributed by atoms with Crippen LogP contribution in [0.5, 0.6) is 5.75 Å². The molecule has 0 aliphatic carbocycles. The van der Waals surface area contributed by atoms with Crippen molar-refractivity contribution in [3.63, 3.8) is 0 Å². The average molecular weight is 320 g/mol. The van der Waals surface area contributed by atoms with E-state index in [0.29, 0.717) is 5.56 Å². The second-order valence-corrected chi connectivity index (χ2v) is 6.18. The molecule has 1 atom stereocenters. The summed E-state index contributed by atoms with van der Waals surface area (Å²) in [5.41, 5.74) is 0.453. The Balaban J connectivity index is 2.37. The highest BCUT2D eigenvalue weighted by molar-refractivity contribution is 7.87. The molecule has 0 radical (unpaired) electrons. The Hall–Kier alpha value is -2.34. The number of carbonyl (C=O) groups is 1. The van der Waals surface area contributed by atoms with Crippen molar-refractivity contribution < 1.29 is 22.1 Å². The SMILES string of the molecule is COC(=O)C(C)c1ccccc1OS(=O)(=O)c1ccccc1. The molecule has 22 heavy (non-hydrogen) atoms. The zero-order chi connectivity index (χ0) is 16.2. The van der Waals surface area contributed by atoms with Crippen LogP contribution in [0.25, 0.3) is 0 Å². The molecule has 2 aromatic rings. The van der Waals surface area contributed by atoms with Crippen molar-refractivity contribution in [1.82, 2.24) is 0 Å². The predicted octanol–water partition coefficient (Wildman–Crippen LogP) is 2.73. The van der Waals surface area contributed by atoms with E-state index in [4.69, 9.17) is 8.92 Å². The molecular weight excluding hydrogens is 304 g/mol. The minimum Gasteiger partial charge on any atom is -0.469 e. The highest BCUT2D eigenvalue weighted by Gasteiger charge is 2.23. The van der Waals surface area contributed by atoms with Gasteiger partial charge in [0.2, 0.25) is 0 Å². The van der Waals surface area contributed by atoms with E-state index in [9.17, 15) is 13.2 Å². The molecule has 0 aliphatic rings. The second kappa shape index (κ2) is 6.62. The molecule has 0 aromatic heterocycles. The molecule has 0 fully saturated rings. The van der Waals surface area contributed by atoms with Gasteiger partial charge in [0.1, 0.15) is 10.6 Å². The first-order chi connectivity index (χ1) is 10.5. The fraction of sp³-hybridized carbons (Fsp3) is 0.188. The predicted molar refractivity (Wildman–Crippen MR) is 81.1 cm³/mol. The number of esters is 1. The standard InChI is InChI=1S/C16H16O5S/c1-12(16(17)20-2)14-10-6-7-11-15(14)21-22(18,19)13-8-4-3-5-9-13/h3-12H,1-2H3. The molecular formula is C16H16O5S. The molecule has 0 amide bonds. The Kier molecular flexibility index (Phi) is 4.82. The fourth-order valence-corrected chi connectivity index (χ4v) is 2.95. The Morgan fingerprint density at radius 2 is 1.59 bits per heavy atom. The van der Waals surface area contributed by atoms with E-state index in [1.807, 2.05) is 0 Å². The number of ether oxygens (including phenoxy) is 1. The zero-order valence-electron chi connectivity index (χ0n) is 12.2. The smallest absolute Gasteiger partial charge is 0.339 e. The molecule has 0 saturated heterocycles. The first-order valence-electron chi connectivity index (χ1n) is 6.62. The molecule has 0 N–H and O–H groups in total. The van der Waals surface area contributed by atoms with Gasteiger partial charge in [-0.15, -0.1) is 0 Å². The van der Waals surface area contributed by atoms with Crippen molar-refractivity contribution >= 4 is 16.1 Å². The van der Waals surface area contributed by atoms with Gasteiger partial charge in [0.15, 0.2) is 0 Å². The fourth-order valence-electron chi connectivity index (χ4n) is 1.97. The summed E-state index contributed by atoms with van der Waals surface area (Å²) in [6, 6.07) is 14.3. The highest BCUT2D eigenvalue weighted by atomic mass is 32.2. The highest BCUT2D eigenvalue weighted by Crippen LogP contribution is 2.29. The van der Waals surface area contributed by atoms with Crippen molar-refractivity contribution in [3.8, 4) is 5.75 Å². The lowest BCUT2D eigenvalue weighted by molar-refractivity contribution is -0.142. The third kappa shape index (κ3) is 3.46. The van der Waals surface area contributed by atoms with E-state index in [0.717, 1.165) is 0 Å². The summed E-state index contributed by atoms with van der Waals surface area (Å²) in [5, 5.41) is 0. The maximum atomic E-state index is 12.3. The molecule has 0 bridgehead atoms. The van der Waals surface area contributed by atoms with E-state index >= 15 is 0 Å². The number of hydrogen-bond donors (Lipinski definition) is 0. The van der Waals surface area contributed by atoms with Crippen molar-refractivity contribution in [2.24, 2.45) is 0 Å². The lowest BCUT2D eigenvalue weighted by Crippen LogP contribution is -2.15. The van der Waals surface area contributed by atoms with Crippen LogP contribution in [0.2, 0.25) is 0 Å². The van der Waals surface area contributed by atoms with Gasteiger partial charge in [-0.3, -0.25) is 4.79 Å². The van der Waals surface area contributed by atoms with E-state index in [2.05, 4.69) is 0 Å². The number of carbonyl (C=O) groups excluding carboxylic acids is 1. The maximum Gasteiger partial charge on any atom is 0.339 e. The van der Waals surface area contributed by atoms with Gasteiger partial charge in [0.25, 0.3) is 0 Å². The summed E-state index contributed by atoms with van der Waals surface area (Å²) in [5.74, 6) is -0.982. The molecule has 0 spiro atoms. The van der Waals surface area contributed by atoms with Crippen molar-refractivity contribution in [2.75, 3.05) is 7.11 Å². The van der Waals surface area contributed by atoms with Crippen molar-refractivity contribution in [2.45, 2.75) is 17.7 Å². The third-order valence-corrected chi connectivity index (χ3v) is 4.42. The van der Waals surface area contributed by atoms with Crippen LogP contribution in [-0.4, -0.2) is 21.5 Å². The van der Waals surface area contributed by atoms with Crippen LogP contribution in [0.4, 0.5) is 0 Å². The molecule has 1 unspecified atom stereocenters. The molecule has 2 aromatic carbocycles. The molecule has 5 nitrogen and oxygen atoms in total. The summed E-state index contributed by atoms with van der Waals surface area (Å²) in [6.45, 7) is 1.63. The lowest BCUT2D eigenvalue weighted by Gasteiger charge is -2.15. The molecule has 0 aliphatic heterocycles. The average Bonchev–Trinajstić information content (AvgIpc) is 2.54. The minimum atomic E-state index is -3.95. The van der Waals surface area contributed by atoms with E-state index in [1.165, 1.54) is 25.3 Å². The number of hydrogen-bond acceptors (Lipinski definition) is 5. The topological polar surface area (TPSA) is 69.7 Å². The quantitative estimate of drug-likeness (QED) is 0.626. The van der Waals surface area contributed by atoms with Crippen LogP contribution in [0, 0.1) is 0 Å². The number of rotatable bonds is 5. The van der Waals surface area contributed by atoms with Gasteiger partial charge in [-0.05, 0) is 25.1 Å². The Bertz CT molecular complexity index is 753.